The van der Waals surface area contributed by atoms with E-state index >= 15 is 0 Å². The molecule has 0 atom stereocenters. The summed E-state index contributed by atoms with van der Waals surface area (Å²) in [4.78, 5) is 12.8. The molecule has 0 unspecified atom stereocenters. The van der Waals surface area contributed by atoms with Crippen molar-refractivity contribution in [1.29, 1.82) is 0 Å². The summed E-state index contributed by atoms with van der Waals surface area (Å²) in [5.74, 6) is 6.08. The van der Waals surface area contributed by atoms with Crippen LogP contribution < -0.4 is 4.74 Å². The molecule has 0 aromatic heterocycles. The van der Waals surface area contributed by atoms with Gasteiger partial charge in [-0.3, -0.25) is 10.1 Å². The third-order valence-electron chi connectivity index (χ3n) is 2.10. The van der Waals surface area contributed by atoms with Gasteiger partial charge in [0.25, 0.3) is 5.69 Å². The number of nitro benzene ring substituents is 1. The molecule has 7 nitrogen and oxygen atoms in total. The summed E-state index contributed by atoms with van der Waals surface area (Å²) >= 11 is 0. The molecule has 0 heterocycles. The molecule has 0 amide bonds. The van der Waals surface area contributed by atoms with E-state index < -0.39 is 4.92 Å². The Morgan fingerprint density at radius 2 is 2.37 bits per heavy atom. The van der Waals surface area contributed by atoms with E-state index in [1.165, 1.54) is 18.2 Å². The van der Waals surface area contributed by atoms with Crippen LogP contribution in [0.25, 0.3) is 10.4 Å². The number of nitro groups is 1. The number of hydrogen-bond acceptors (Lipinski definition) is 4. The van der Waals surface area contributed by atoms with Crippen LogP contribution >= 0.6 is 0 Å². The maximum Gasteiger partial charge on any atom is 0.270 e. The quantitative estimate of drug-likeness (QED) is 0.154. The fourth-order valence-electron chi connectivity index (χ4n) is 1.32. The first kappa shape index (κ1) is 14.4. The molecule has 0 N–H and O–H groups in total. The Morgan fingerprint density at radius 1 is 1.58 bits per heavy atom. The minimum absolute atomic E-state index is 0.0391. The first-order valence-corrected chi connectivity index (χ1v) is 5.60. The van der Waals surface area contributed by atoms with Crippen LogP contribution in [-0.4, -0.2) is 18.1 Å². The molecular formula is C12H12N4O3. The maximum atomic E-state index is 10.7. The van der Waals surface area contributed by atoms with Gasteiger partial charge in [0, 0.05) is 30.0 Å². The molecule has 1 aromatic carbocycles. The van der Waals surface area contributed by atoms with E-state index in [0.29, 0.717) is 24.3 Å². The maximum absolute atomic E-state index is 10.7. The van der Waals surface area contributed by atoms with Gasteiger partial charge in [0.05, 0.1) is 17.1 Å². The average Bonchev–Trinajstić information content (AvgIpc) is 2.40. The fraction of sp³-hybridized carbons (Fsp3) is 0.333. The van der Waals surface area contributed by atoms with Gasteiger partial charge in [-0.1, -0.05) is 17.0 Å². The van der Waals surface area contributed by atoms with Crippen LogP contribution in [0.2, 0.25) is 0 Å². The van der Waals surface area contributed by atoms with Crippen LogP contribution in [0.3, 0.4) is 0 Å². The first-order valence-electron chi connectivity index (χ1n) is 5.60. The molecule has 0 saturated heterocycles. The lowest BCUT2D eigenvalue weighted by atomic mass is 10.1. The predicted octanol–water partition coefficient (Wildman–Crippen LogP) is 3.05. The lowest BCUT2D eigenvalue weighted by Gasteiger charge is -2.05. The van der Waals surface area contributed by atoms with Crippen LogP contribution in [0.4, 0.5) is 5.69 Å². The molecule has 0 saturated carbocycles. The predicted molar refractivity (Wildman–Crippen MR) is 69.8 cm³/mol. The molecule has 0 bridgehead atoms. The monoisotopic (exact) mass is 260 g/mol. The van der Waals surface area contributed by atoms with Crippen molar-refractivity contribution in [3.05, 3.63) is 44.3 Å². The average molecular weight is 260 g/mol. The van der Waals surface area contributed by atoms with Crippen LogP contribution in [0.5, 0.6) is 5.75 Å². The zero-order valence-corrected chi connectivity index (χ0v) is 10.4. The summed E-state index contributed by atoms with van der Waals surface area (Å²) < 4.78 is 5.34. The van der Waals surface area contributed by atoms with Crippen LogP contribution in [0.15, 0.2) is 23.3 Å². The molecule has 0 aliphatic heterocycles. The third kappa shape index (κ3) is 4.58. The number of hydrogen-bond donors (Lipinski definition) is 0. The fourth-order valence-corrected chi connectivity index (χ4v) is 1.32. The minimum Gasteiger partial charge on any atom is -0.493 e. The molecule has 19 heavy (non-hydrogen) atoms. The Morgan fingerprint density at radius 3 is 3.00 bits per heavy atom. The highest BCUT2D eigenvalue weighted by Crippen LogP contribution is 2.23. The van der Waals surface area contributed by atoms with Gasteiger partial charge in [-0.2, -0.15) is 0 Å². The molecule has 0 spiro atoms. The van der Waals surface area contributed by atoms with E-state index in [1.54, 1.807) is 0 Å². The molecule has 0 aliphatic carbocycles. The van der Waals surface area contributed by atoms with Crippen molar-refractivity contribution in [3.8, 4) is 17.6 Å². The summed E-state index contributed by atoms with van der Waals surface area (Å²) in [5, 5.41) is 14.0. The van der Waals surface area contributed by atoms with Crippen LogP contribution in [0, 0.1) is 22.0 Å². The summed E-state index contributed by atoms with van der Waals surface area (Å²) in [6, 6.07) is 4.26. The highest BCUT2D eigenvalue weighted by Gasteiger charge is 2.09. The van der Waals surface area contributed by atoms with Crippen molar-refractivity contribution >= 4 is 5.69 Å². The topological polar surface area (TPSA) is 101 Å². The van der Waals surface area contributed by atoms with E-state index in [4.69, 9.17) is 10.3 Å². The van der Waals surface area contributed by atoms with Crippen LogP contribution in [-0.2, 0) is 0 Å². The van der Waals surface area contributed by atoms with E-state index in [0.717, 1.165) is 0 Å². The second kappa shape index (κ2) is 7.58. The number of nitrogens with zero attached hydrogens (tertiary/aromatic N) is 4. The lowest BCUT2D eigenvalue weighted by molar-refractivity contribution is -0.384. The third-order valence-corrected chi connectivity index (χ3v) is 2.10. The Kier molecular flexibility index (Phi) is 5.73. The Balaban J connectivity index is 2.96. The minimum atomic E-state index is -0.485. The molecule has 1 rings (SSSR count). The Bertz CT molecular complexity index is 568. The van der Waals surface area contributed by atoms with Gasteiger partial charge in [-0.25, -0.2) is 0 Å². The van der Waals surface area contributed by atoms with Gasteiger partial charge in [0.1, 0.15) is 5.75 Å². The second-order valence-electron chi connectivity index (χ2n) is 3.38. The second-order valence-corrected chi connectivity index (χ2v) is 3.38. The van der Waals surface area contributed by atoms with E-state index in [-0.39, 0.29) is 12.2 Å². The molecule has 0 aliphatic rings. The van der Waals surface area contributed by atoms with Crippen molar-refractivity contribution < 1.29 is 9.66 Å². The zero-order chi connectivity index (χ0) is 14.1. The number of ether oxygens (including phenoxy) is 1. The molecular weight excluding hydrogens is 248 g/mol. The zero-order valence-electron chi connectivity index (χ0n) is 10.4. The van der Waals surface area contributed by atoms with Gasteiger partial charge in [-0.15, -0.1) is 0 Å². The number of rotatable bonds is 5. The van der Waals surface area contributed by atoms with Crippen LogP contribution in [0.1, 0.15) is 18.9 Å². The van der Waals surface area contributed by atoms with Gasteiger partial charge >= 0.3 is 0 Å². The highest BCUT2D eigenvalue weighted by molar-refractivity contribution is 5.52. The lowest BCUT2D eigenvalue weighted by Crippen LogP contribution is -1.96. The largest absolute Gasteiger partial charge is 0.493 e. The standard InChI is InChI=1S/C12H12N4O3/c1-2-19-12-7-6-11(16(17)18)9-10(12)5-3-4-8-14-15-13/h6-7,9H,2,4,8H2,1H3. The smallest absolute Gasteiger partial charge is 0.270 e. The summed E-state index contributed by atoms with van der Waals surface area (Å²) in [5.41, 5.74) is 8.53. The van der Waals surface area contributed by atoms with Gasteiger partial charge in [0.2, 0.25) is 0 Å². The first-order chi connectivity index (χ1) is 9.19. The normalized spacial score (nSPS) is 8.89. The van der Waals surface area contributed by atoms with Gasteiger partial charge < -0.3 is 4.74 Å². The van der Waals surface area contributed by atoms with E-state index in [2.05, 4.69) is 21.9 Å². The van der Waals surface area contributed by atoms with Crippen molar-refractivity contribution in [2.75, 3.05) is 13.2 Å². The Labute approximate surface area is 110 Å². The molecule has 1 aromatic rings. The molecule has 98 valence electrons. The Hall–Kier alpha value is -2.71. The molecule has 0 fully saturated rings. The van der Waals surface area contributed by atoms with Crippen molar-refractivity contribution in [2.45, 2.75) is 13.3 Å². The van der Waals surface area contributed by atoms with E-state index in [9.17, 15) is 10.1 Å². The van der Waals surface area contributed by atoms with Gasteiger partial charge in [0.15, 0.2) is 0 Å². The van der Waals surface area contributed by atoms with Crippen molar-refractivity contribution in [1.82, 2.24) is 0 Å². The summed E-state index contributed by atoms with van der Waals surface area (Å²) in [6.07, 6.45) is 0.387. The molecule has 7 heteroatoms. The van der Waals surface area contributed by atoms with Crippen molar-refractivity contribution in [2.24, 2.45) is 5.11 Å². The SMILES string of the molecule is CCOc1ccc([N+](=O)[O-])cc1C#CCCN=[N+]=[N-]. The number of benzene rings is 1. The molecule has 0 radical (unpaired) electrons. The van der Waals surface area contributed by atoms with Gasteiger partial charge in [-0.05, 0) is 18.5 Å². The number of azide groups is 1. The van der Waals surface area contributed by atoms with Crippen molar-refractivity contribution in [3.63, 3.8) is 0 Å². The highest BCUT2D eigenvalue weighted by atomic mass is 16.6. The summed E-state index contributed by atoms with van der Waals surface area (Å²) in [6.45, 7) is 2.54. The number of non-ortho nitro benzene ring substituents is 1. The van der Waals surface area contributed by atoms with E-state index in [1.807, 2.05) is 6.92 Å². The summed E-state index contributed by atoms with van der Waals surface area (Å²) in [7, 11) is 0.